The molecule has 0 saturated carbocycles. The molecule has 1 atom stereocenters. The number of carbonyl (C=O) groups is 1. The fourth-order valence-electron chi connectivity index (χ4n) is 3.33. The first-order valence-corrected chi connectivity index (χ1v) is 9.99. The number of benzene rings is 1. The monoisotopic (exact) mass is 409 g/mol. The Morgan fingerprint density at radius 3 is 3.00 bits per heavy atom. The summed E-state index contributed by atoms with van der Waals surface area (Å²) in [6.45, 7) is 3.16. The van der Waals surface area contributed by atoms with E-state index in [1.807, 2.05) is 12.1 Å². The Balaban J connectivity index is 1.40. The van der Waals surface area contributed by atoms with Crippen molar-refractivity contribution in [2.75, 3.05) is 31.2 Å². The molecule has 1 N–H and O–H groups in total. The van der Waals surface area contributed by atoms with Crippen LogP contribution in [0, 0.1) is 5.92 Å². The molecule has 0 aliphatic carbocycles. The Kier molecular flexibility index (Phi) is 4.74. The SMILES string of the molecule is O=C(NC1CCOCC1)C1CCN(c2nc3ccc(Br)cc3s2)C1. The number of rotatable bonds is 3. The van der Waals surface area contributed by atoms with Gasteiger partial charge in [-0.1, -0.05) is 27.3 Å². The Bertz CT molecular complexity index is 745. The molecule has 7 heteroatoms. The van der Waals surface area contributed by atoms with Crippen LogP contribution in [0.3, 0.4) is 0 Å². The number of carbonyl (C=O) groups excluding carboxylic acids is 1. The highest BCUT2D eigenvalue weighted by Crippen LogP contribution is 2.33. The summed E-state index contributed by atoms with van der Waals surface area (Å²) < 4.78 is 7.59. The number of halogens is 1. The molecule has 0 bridgehead atoms. The number of amides is 1. The summed E-state index contributed by atoms with van der Waals surface area (Å²) in [4.78, 5) is 19.5. The van der Waals surface area contributed by atoms with E-state index >= 15 is 0 Å². The molecule has 2 fully saturated rings. The van der Waals surface area contributed by atoms with E-state index in [9.17, 15) is 4.79 Å². The first kappa shape index (κ1) is 16.3. The van der Waals surface area contributed by atoms with Crippen molar-refractivity contribution in [3.05, 3.63) is 22.7 Å². The summed E-state index contributed by atoms with van der Waals surface area (Å²) >= 11 is 5.20. The van der Waals surface area contributed by atoms with Crippen molar-refractivity contribution in [2.24, 2.45) is 5.92 Å². The predicted octanol–water partition coefficient (Wildman–Crippen LogP) is 3.18. The van der Waals surface area contributed by atoms with Crippen LogP contribution in [-0.2, 0) is 9.53 Å². The first-order chi connectivity index (χ1) is 11.7. The van der Waals surface area contributed by atoms with Crippen LogP contribution in [-0.4, -0.2) is 43.2 Å². The minimum absolute atomic E-state index is 0.0617. The van der Waals surface area contributed by atoms with Gasteiger partial charge >= 0.3 is 0 Å². The van der Waals surface area contributed by atoms with Crippen molar-refractivity contribution in [1.82, 2.24) is 10.3 Å². The molecule has 1 aromatic carbocycles. The Morgan fingerprint density at radius 1 is 1.33 bits per heavy atom. The largest absolute Gasteiger partial charge is 0.381 e. The van der Waals surface area contributed by atoms with Gasteiger partial charge in [-0.2, -0.15) is 0 Å². The molecule has 1 amide bonds. The van der Waals surface area contributed by atoms with Crippen LogP contribution < -0.4 is 10.2 Å². The van der Waals surface area contributed by atoms with E-state index in [2.05, 4.69) is 32.2 Å². The highest BCUT2D eigenvalue weighted by molar-refractivity contribution is 9.10. The van der Waals surface area contributed by atoms with Crippen molar-refractivity contribution in [2.45, 2.75) is 25.3 Å². The van der Waals surface area contributed by atoms with Gasteiger partial charge in [0.2, 0.25) is 5.91 Å². The average molecular weight is 410 g/mol. The maximum atomic E-state index is 12.5. The molecule has 2 aliphatic rings. The molecule has 2 saturated heterocycles. The fourth-order valence-corrected chi connectivity index (χ4v) is 4.88. The maximum Gasteiger partial charge on any atom is 0.225 e. The molecule has 5 nitrogen and oxygen atoms in total. The number of anilines is 1. The number of aromatic nitrogens is 1. The predicted molar refractivity (Wildman–Crippen MR) is 99.6 cm³/mol. The van der Waals surface area contributed by atoms with Gasteiger partial charge in [0.25, 0.3) is 0 Å². The summed E-state index contributed by atoms with van der Waals surface area (Å²) in [5.41, 5.74) is 1.02. The summed E-state index contributed by atoms with van der Waals surface area (Å²) in [6.07, 6.45) is 2.75. The van der Waals surface area contributed by atoms with Gasteiger partial charge in [0.05, 0.1) is 16.1 Å². The molecule has 4 rings (SSSR count). The lowest BCUT2D eigenvalue weighted by atomic mass is 10.1. The molecule has 24 heavy (non-hydrogen) atoms. The molecule has 1 unspecified atom stereocenters. The van der Waals surface area contributed by atoms with Crippen molar-refractivity contribution >= 4 is 48.5 Å². The molecule has 0 spiro atoms. The standard InChI is InChI=1S/C17H20BrN3O2S/c18-12-1-2-14-15(9-12)24-17(20-14)21-6-3-11(10-21)16(22)19-13-4-7-23-8-5-13/h1-2,9,11,13H,3-8,10H2,(H,19,22). The minimum atomic E-state index is 0.0617. The fraction of sp³-hybridized carbons (Fsp3) is 0.529. The number of hydrogen-bond donors (Lipinski definition) is 1. The van der Waals surface area contributed by atoms with Crippen LogP contribution in [0.2, 0.25) is 0 Å². The Morgan fingerprint density at radius 2 is 2.17 bits per heavy atom. The van der Waals surface area contributed by atoms with Gasteiger partial charge in [-0.3, -0.25) is 4.79 Å². The highest BCUT2D eigenvalue weighted by Gasteiger charge is 2.31. The van der Waals surface area contributed by atoms with Crippen molar-refractivity contribution in [3.63, 3.8) is 0 Å². The second-order valence-electron chi connectivity index (χ2n) is 6.44. The van der Waals surface area contributed by atoms with Crippen molar-refractivity contribution < 1.29 is 9.53 Å². The Labute approximate surface area is 153 Å². The van der Waals surface area contributed by atoms with E-state index in [-0.39, 0.29) is 17.9 Å². The van der Waals surface area contributed by atoms with Crippen LogP contribution in [0.15, 0.2) is 22.7 Å². The molecule has 2 aromatic rings. The van der Waals surface area contributed by atoms with Crippen molar-refractivity contribution in [1.29, 1.82) is 0 Å². The molecule has 0 radical (unpaired) electrons. The van der Waals surface area contributed by atoms with Crippen LogP contribution >= 0.6 is 27.3 Å². The van der Waals surface area contributed by atoms with Gasteiger partial charge in [0.1, 0.15) is 0 Å². The summed E-state index contributed by atoms with van der Waals surface area (Å²) in [6, 6.07) is 6.42. The third kappa shape index (κ3) is 3.43. The zero-order chi connectivity index (χ0) is 16.5. The lowest BCUT2D eigenvalue weighted by Gasteiger charge is -2.24. The number of fused-ring (bicyclic) bond motifs is 1. The second-order valence-corrected chi connectivity index (χ2v) is 8.36. The van der Waals surface area contributed by atoms with Crippen LogP contribution in [0.5, 0.6) is 0 Å². The van der Waals surface area contributed by atoms with Crippen LogP contribution in [0.25, 0.3) is 10.2 Å². The highest BCUT2D eigenvalue weighted by atomic mass is 79.9. The Hall–Kier alpha value is -1.18. The maximum absolute atomic E-state index is 12.5. The van der Waals surface area contributed by atoms with E-state index in [1.165, 1.54) is 4.70 Å². The quantitative estimate of drug-likeness (QED) is 0.845. The number of thiazole rings is 1. The van der Waals surface area contributed by atoms with E-state index in [1.54, 1.807) is 11.3 Å². The summed E-state index contributed by atoms with van der Waals surface area (Å²) in [5.74, 6) is 0.250. The van der Waals surface area contributed by atoms with Gasteiger partial charge in [-0.15, -0.1) is 0 Å². The van der Waals surface area contributed by atoms with Gasteiger partial charge in [-0.25, -0.2) is 4.98 Å². The second kappa shape index (κ2) is 6.98. The zero-order valence-corrected chi connectivity index (χ0v) is 15.7. The van der Waals surface area contributed by atoms with Gasteiger partial charge < -0.3 is 15.0 Å². The zero-order valence-electron chi connectivity index (χ0n) is 13.3. The topological polar surface area (TPSA) is 54.5 Å². The number of ether oxygens (including phenoxy) is 1. The molecule has 1 aromatic heterocycles. The van der Waals surface area contributed by atoms with Gasteiger partial charge in [0.15, 0.2) is 5.13 Å². The van der Waals surface area contributed by atoms with E-state index < -0.39 is 0 Å². The van der Waals surface area contributed by atoms with E-state index in [0.717, 1.165) is 60.7 Å². The smallest absolute Gasteiger partial charge is 0.225 e. The number of nitrogens with one attached hydrogen (secondary N) is 1. The summed E-state index contributed by atoms with van der Waals surface area (Å²) in [7, 11) is 0. The lowest BCUT2D eigenvalue weighted by molar-refractivity contribution is -0.125. The van der Waals surface area contributed by atoms with Crippen molar-refractivity contribution in [3.8, 4) is 0 Å². The molecule has 3 heterocycles. The molecular weight excluding hydrogens is 390 g/mol. The molecule has 128 valence electrons. The average Bonchev–Trinajstić information content (AvgIpc) is 3.22. The van der Waals surface area contributed by atoms with Gasteiger partial charge in [0, 0.05) is 36.8 Å². The third-order valence-corrected chi connectivity index (χ3v) is 6.31. The van der Waals surface area contributed by atoms with E-state index in [0.29, 0.717) is 0 Å². The van der Waals surface area contributed by atoms with Crippen LogP contribution in [0.1, 0.15) is 19.3 Å². The number of nitrogens with zero attached hydrogens (tertiary/aromatic N) is 2. The molecular formula is C17H20BrN3O2S. The number of hydrogen-bond acceptors (Lipinski definition) is 5. The molecule has 2 aliphatic heterocycles. The normalized spacial score (nSPS) is 22.2. The van der Waals surface area contributed by atoms with Crippen LogP contribution in [0.4, 0.5) is 5.13 Å². The van der Waals surface area contributed by atoms with E-state index in [4.69, 9.17) is 9.72 Å². The van der Waals surface area contributed by atoms with Gasteiger partial charge in [-0.05, 0) is 37.5 Å². The summed E-state index contributed by atoms with van der Waals surface area (Å²) in [5, 5.41) is 4.22. The third-order valence-electron chi connectivity index (χ3n) is 4.74. The first-order valence-electron chi connectivity index (χ1n) is 8.38. The minimum Gasteiger partial charge on any atom is -0.381 e. The lowest BCUT2D eigenvalue weighted by Crippen LogP contribution is -2.42.